The number of aromatic amines is 1. The Labute approximate surface area is 139 Å². The van der Waals surface area contributed by atoms with E-state index in [0.29, 0.717) is 16.5 Å². The van der Waals surface area contributed by atoms with Gasteiger partial charge >= 0.3 is 0 Å². The third-order valence-electron chi connectivity index (χ3n) is 2.90. The number of fused-ring (bicyclic) bond motifs is 1. The minimum Gasteiger partial charge on any atom is -0.376 e. The van der Waals surface area contributed by atoms with E-state index >= 15 is 0 Å². The van der Waals surface area contributed by atoms with E-state index in [4.69, 9.17) is 29.6 Å². The number of benzene rings is 1. The lowest BCUT2D eigenvalue weighted by atomic mass is 10.1. The summed E-state index contributed by atoms with van der Waals surface area (Å²) >= 11 is 14.6. The largest absolute Gasteiger partial charge is 0.376 e. The molecule has 0 aliphatic heterocycles. The number of aromatic nitrogens is 3. The van der Waals surface area contributed by atoms with E-state index in [-0.39, 0.29) is 5.11 Å². The summed E-state index contributed by atoms with van der Waals surface area (Å²) in [5, 5.41) is 11.5. The average molecular weight is 383 g/mol. The van der Waals surface area contributed by atoms with Gasteiger partial charge in [0.05, 0.1) is 16.2 Å². The number of nitrogens with two attached hydrogens (primary N) is 1. The van der Waals surface area contributed by atoms with Crippen molar-refractivity contribution in [2.24, 2.45) is 5.73 Å². The zero-order valence-corrected chi connectivity index (χ0v) is 13.7. The summed E-state index contributed by atoms with van der Waals surface area (Å²) in [5.41, 5.74) is 7.91. The molecule has 1 aromatic carbocycles. The summed E-state index contributed by atoms with van der Waals surface area (Å²) < 4.78 is 0.847. The van der Waals surface area contributed by atoms with Gasteiger partial charge in [0, 0.05) is 21.6 Å². The molecule has 0 unspecified atom stereocenters. The summed E-state index contributed by atoms with van der Waals surface area (Å²) in [5.74, 6) is 0.562. The molecule has 0 aliphatic carbocycles. The molecule has 0 aliphatic rings. The van der Waals surface area contributed by atoms with Crippen LogP contribution in [0.25, 0.3) is 22.2 Å². The number of hydrogen-bond donors (Lipinski definition) is 3. The van der Waals surface area contributed by atoms with E-state index in [1.807, 2.05) is 12.1 Å². The Bertz CT molecular complexity index is 848. The Kier molecular flexibility index (Phi) is 3.79. The Hall–Kier alpha value is -1.70. The van der Waals surface area contributed by atoms with Gasteiger partial charge in [-0.15, -0.1) is 0 Å². The highest BCUT2D eigenvalue weighted by Gasteiger charge is 2.13. The molecule has 0 bridgehead atoms. The van der Waals surface area contributed by atoms with Crippen molar-refractivity contribution in [3.8, 4) is 11.3 Å². The molecule has 0 amide bonds. The normalized spacial score (nSPS) is 10.8. The van der Waals surface area contributed by atoms with Crippen molar-refractivity contribution < 1.29 is 0 Å². The Morgan fingerprint density at radius 3 is 2.95 bits per heavy atom. The number of halogens is 2. The summed E-state index contributed by atoms with van der Waals surface area (Å²) in [7, 11) is 0. The van der Waals surface area contributed by atoms with Gasteiger partial charge in [-0.25, -0.2) is 0 Å². The quantitative estimate of drug-likeness (QED) is 0.589. The van der Waals surface area contributed by atoms with E-state index in [1.165, 1.54) is 0 Å². The van der Waals surface area contributed by atoms with E-state index in [0.717, 1.165) is 20.9 Å². The van der Waals surface area contributed by atoms with Crippen molar-refractivity contribution in [1.29, 1.82) is 0 Å². The first-order chi connectivity index (χ1) is 10.1. The second-order valence-electron chi connectivity index (χ2n) is 4.28. The molecular formula is C13H9BrClN5S. The molecule has 0 saturated carbocycles. The maximum absolute atomic E-state index is 6.20. The van der Waals surface area contributed by atoms with Crippen LogP contribution in [0.4, 0.5) is 5.82 Å². The fraction of sp³-hybridized carbons (Fsp3) is 0. The molecule has 106 valence electrons. The summed E-state index contributed by atoms with van der Waals surface area (Å²) in [6.07, 6.45) is 1.70. The van der Waals surface area contributed by atoms with Gasteiger partial charge in [-0.05, 0) is 52.4 Å². The lowest BCUT2D eigenvalue weighted by Gasteiger charge is -2.06. The molecule has 0 atom stereocenters. The van der Waals surface area contributed by atoms with Crippen LogP contribution in [-0.4, -0.2) is 20.3 Å². The first-order valence-electron chi connectivity index (χ1n) is 5.91. The fourth-order valence-electron chi connectivity index (χ4n) is 2.03. The monoisotopic (exact) mass is 381 g/mol. The number of rotatable bonds is 2. The van der Waals surface area contributed by atoms with Crippen LogP contribution in [0.15, 0.2) is 34.9 Å². The van der Waals surface area contributed by atoms with Crippen LogP contribution in [0.1, 0.15) is 0 Å². The topological polar surface area (TPSA) is 79.6 Å². The number of pyridine rings is 1. The van der Waals surface area contributed by atoms with E-state index in [9.17, 15) is 0 Å². The van der Waals surface area contributed by atoms with Crippen LogP contribution in [-0.2, 0) is 0 Å². The molecular weight excluding hydrogens is 374 g/mol. The molecule has 0 radical (unpaired) electrons. The van der Waals surface area contributed by atoms with Crippen LogP contribution in [0.5, 0.6) is 0 Å². The zero-order chi connectivity index (χ0) is 15.0. The van der Waals surface area contributed by atoms with E-state index in [2.05, 4.69) is 36.4 Å². The molecule has 8 heteroatoms. The highest BCUT2D eigenvalue weighted by Crippen LogP contribution is 2.34. The molecule has 3 rings (SSSR count). The van der Waals surface area contributed by atoms with Gasteiger partial charge in [0.25, 0.3) is 0 Å². The number of anilines is 1. The minimum absolute atomic E-state index is 0.154. The summed E-state index contributed by atoms with van der Waals surface area (Å²) in [6.45, 7) is 0. The molecule has 21 heavy (non-hydrogen) atoms. The Morgan fingerprint density at radius 2 is 2.24 bits per heavy atom. The molecule has 3 aromatic rings. The zero-order valence-electron chi connectivity index (χ0n) is 10.5. The molecule has 4 N–H and O–H groups in total. The predicted molar refractivity (Wildman–Crippen MR) is 92.4 cm³/mol. The second-order valence-corrected chi connectivity index (χ2v) is 5.98. The number of thiocarbonyl (C=S) groups is 1. The van der Waals surface area contributed by atoms with Gasteiger partial charge in [0.2, 0.25) is 0 Å². The third kappa shape index (κ3) is 2.72. The van der Waals surface area contributed by atoms with E-state index in [1.54, 1.807) is 18.3 Å². The molecule has 5 nitrogen and oxygen atoms in total. The summed E-state index contributed by atoms with van der Waals surface area (Å²) in [6, 6.07) is 7.44. The van der Waals surface area contributed by atoms with Gasteiger partial charge in [0.1, 0.15) is 0 Å². The standard InChI is InChI=1S/C13H9BrClN5S/c14-8-5-6(10-9(15)2-1-3-17-10)4-7-11(8)19-20-12(7)18-13(16)21/h1-5H,(H4,16,18,19,20,21). The van der Waals surface area contributed by atoms with Gasteiger partial charge in [0.15, 0.2) is 10.9 Å². The van der Waals surface area contributed by atoms with Crippen molar-refractivity contribution in [3.63, 3.8) is 0 Å². The second kappa shape index (κ2) is 5.59. The third-order valence-corrected chi connectivity index (χ3v) is 3.93. The van der Waals surface area contributed by atoms with Crippen LogP contribution >= 0.6 is 39.7 Å². The summed E-state index contributed by atoms with van der Waals surface area (Å²) in [4.78, 5) is 4.32. The van der Waals surface area contributed by atoms with Gasteiger partial charge < -0.3 is 11.1 Å². The fourth-order valence-corrected chi connectivity index (χ4v) is 2.90. The maximum Gasteiger partial charge on any atom is 0.169 e. The lowest BCUT2D eigenvalue weighted by Crippen LogP contribution is -2.19. The lowest BCUT2D eigenvalue weighted by molar-refractivity contribution is 1.12. The Balaban J connectivity index is 2.22. The SMILES string of the molecule is NC(=S)Nc1n[nH]c2c(Br)cc(-c3ncccc3Cl)cc12. The number of nitrogens with zero attached hydrogens (tertiary/aromatic N) is 2. The minimum atomic E-state index is 0.154. The molecule has 0 saturated heterocycles. The van der Waals surface area contributed by atoms with Crippen LogP contribution in [0.2, 0.25) is 5.02 Å². The van der Waals surface area contributed by atoms with Crippen molar-refractivity contribution in [3.05, 3.63) is 40.0 Å². The highest BCUT2D eigenvalue weighted by molar-refractivity contribution is 9.10. The molecule has 0 spiro atoms. The number of nitrogens with one attached hydrogen (secondary N) is 2. The molecule has 2 heterocycles. The van der Waals surface area contributed by atoms with Crippen LogP contribution in [0, 0.1) is 0 Å². The van der Waals surface area contributed by atoms with Crippen LogP contribution < -0.4 is 11.1 Å². The average Bonchev–Trinajstić information content (AvgIpc) is 2.82. The highest BCUT2D eigenvalue weighted by atomic mass is 79.9. The van der Waals surface area contributed by atoms with Gasteiger partial charge in [-0.2, -0.15) is 5.10 Å². The predicted octanol–water partition coefficient (Wildman–Crippen LogP) is 3.70. The van der Waals surface area contributed by atoms with Crippen molar-refractivity contribution in [1.82, 2.24) is 15.2 Å². The molecule has 0 fully saturated rings. The maximum atomic E-state index is 6.20. The number of hydrogen-bond acceptors (Lipinski definition) is 3. The Morgan fingerprint density at radius 1 is 1.43 bits per heavy atom. The first kappa shape index (κ1) is 14.2. The van der Waals surface area contributed by atoms with Crippen molar-refractivity contribution in [2.75, 3.05) is 5.32 Å². The molecule has 2 aromatic heterocycles. The number of H-pyrrole nitrogens is 1. The van der Waals surface area contributed by atoms with Crippen molar-refractivity contribution in [2.45, 2.75) is 0 Å². The van der Waals surface area contributed by atoms with E-state index < -0.39 is 0 Å². The first-order valence-corrected chi connectivity index (χ1v) is 7.49. The van der Waals surface area contributed by atoms with Gasteiger partial charge in [-0.3, -0.25) is 10.1 Å². The van der Waals surface area contributed by atoms with Gasteiger partial charge in [-0.1, -0.05) is 11.6 Å². The van der Waals surface area contributed by atoms with Crippen LogP contribution in [0.3, 0.4) is 0 Å². The smallest absolute Gasteiger partial charge is 0.169 e. The van der Waals surface area contributed by atoms with Crippen molar-refractivity contribution >= 4 is 61.6 Å².